The molecule has 1 heterocycles. The molecule has 4 heteroatoms. The molecular weight excluding hydrogens is 392 g/mol. The minimum atomic E-state index is 0.710. The average molecular weight is 425 g/mol. The van der Waals surface area contributed by atoms with Gasteiger partial charge in [-0.25, -0.2) is 4.68 Å². The molecule has 0 radical (unpaired) electrons. The van der Waals surface area contributed by atoms with E-state index in [1.807, 2.05) is 36.0 Å². The van der Waals surface area contributed by atoms with Gasteiger partial charge in [-0.3, -0.25) is 4.90 Å². The van der Waals surface area contributed by atoms with Crippen molar-refractivity contribution in [3.05, 3.63) is 88.2 Å². The highest BCUT2D eigenvalue weighted by Crippen LogP contribution is 2.34. The molecule has 2 aromatic carbocycles. The maximum atomic E-state index is 9.16. The van der Waals surface area contributed by atoms with Crippen molar-refractivity contribution < 1.29 is 0 Å². The molecule has 1 aliphatic carbocycles. The van der Waals surface area contributed by atoms with Crippen molar-refractivity contribution in [2.24, 2.45) is 0 Å². The van der Waals surface area contributed by atoms with E-state index in [4.69, 9.17) is 5.26 Å². The van der Waals surface area contributed by atoms with Gasteiger partial charge in [-0.1, -0.05) is 25.6 Å². The quantitative estimate of drug-likeness (QED) is 0.461. The Balaban J connectivity index is 1.44. The van der Waals surface area contributed by atoms with Gasteiger partial charge in [0.25, 0.3) is 0 Å². The first kappa shape index (κ1) is 22.0. The van der Waals surface area contributed by atoms with E-state index in [1.54, 1.807) is 0 Å². The zero-order valence-corrected chi connectivity index (χ0v) is 19.5. The van der Waals surface area contributed by atoms with Crippen molar-refractivity contribution in [1.82, 2.24) is 14.7 Å². The van der Waals surface area contributed by atoms with Gasteiger partial charge >= 0.3 is 0 Å². The smallest absolute Gasteiger partial charge is 0.0994 e. The monoisotopic (exact) mass is 424 g/mol. The van der Waals surface area contributed by atoms with E-state index in [9.17, 15) is 0 Å². The van der Waals surface area contributed by atoms with Gasteiger partial charge in [-0.15, -0.1) is 0 Å². The summed E-state index contributed by atoms with van der Waals surface area (Å²) in [6.45, 7) is 13.7. The van der Waals surface area contributed by atoms with Crippen LogP contribution in [0, 0.1) is 25.2 Å². The summed E-state index contributed by atoms with van der Waals surface area (Å²) < 4.78 is 1.91. The Kier molecular flexibility index (Phi) is 6.58. The first-order valence-corrected chi connectivity index (χ1v) is 11.6. The molecule has 0 bridgehead atoms. The molecule has 0 aliphatic heterocycles. The molecule has 4 rings (SSSR count). The number of fused-ring (bicyclic) bond motifs is 1. The van der Waals surface area contributed by atoms with Crippen LogP contribution in [-0.4, -0.2) is 27.8 Å². The fourth-order valence-corrected chi connectivity index (χ4v) is 4.76. The fraction of sp³-hybridized carbons (Fsp3) is 0.357. The zero-order chi connectivity index (χ0) is 22.7. The predicted molar refractivity (Wildman–Crippen MR) is 131 cm³/mol. The molecule has 0 unspecified atom stereocenters. The van der Waals surface area contributed by atoms with Gasteiger partial charge in [-0.2, -0.15) is 10.4 Å². The van der Waals surface area contributed by atoms with Gasteiger partial charge in [0.05, 0.1) is 23.5 Å². The summed E-state index contributed by atoms with van der Waals surface area (Å²) in [4.78, 5) is 2.52. The third-order valence-electron chi connectivity index (χ3n) is 6.64. The SMILES string of the molecule is C=C1CCc2c1ccc(CCN(CCC)Cc1cnn(-c3ccc(C#N)c(C)c3)c1)c2C. The van der Waals surface area contributed by atoms with Gasteiger partial charge in [0, 0.05) is 24.8 Å². The van der Waals surface area contributed by atoms with Crippen LogP contribution >= 0.6 is 0 Å². The molecule has 0 spiro atoms. The number of hydrogen-bond acceptors (Lipinski definition) is 3. The van der Waals surface area contributed by atoms with Gasteiger partial charge < -0.3 is 0 Å². The number of allylic oxidation sites excluding steroid dienone is 1. The summed E-state index contributed by atoms with van der Waals surface area (Å²) >= 11 is 0. The molecule has 0 saturated carbocycles. The van der Waals surface area contributed by atoms with Gasteiger partial charge in [0.15, 0.2) is 0 Å². The van der Waals surface area contributed by atoms with Gasteiger partial charge in [-0.05, 0) is 97.7 Å². The number of rotatable bonds is 8. The fourth-order valence-electron chi connectivity index (χ4n) is 4.76. The molecule has 0 N–H and O–H groups in total. The van der Waals surface area contributed by atoms with Crippen molar-refractivity contribution in [3.63, 3.8) is 0 Å². The number of benzene rings is 2. The van der Waals surface area contributed by atoms with E-state index in [0.717, 1.165) is 56.6 Å². The number of aryl methyl sites for hydroxylation is 1. The lowest BCUT2D eigenvalue weighted by atomic mass is 9.96. The summed E-state index contributed by atoms with van der Waals surface area (Å²) in [7, 11) is 0. The molecular formula is C28H32N4. The van der Waals surface area contributed by atoms with Crippen LogP contribution in [0.3, 0.4) is 0 Å². The van der Waals surface area contributed by atoms with Crippen molar-refractivity contribution in [3.8, 4) is 11.8 Å². The van der Waals surface area contributed by atoms with E-state index in [2.05, 4.69) is 54.8 Å². The van der Waals surface area contributed by atoms with Crippen LogP contribution in [0.2, 0.25) is 0 Å². The summed E-state index contributed by atoms with van der Waals surface area (Å²) in [5.74, 6) is 0. The Morgan fingerprint density at radius 2 is 2.00 bits per heavy atom. The van der Waals surface area contributed by atoms with Crippen molar-refractivity contribution in [2.45, 2.75) is 53.0 Å². The lowest BCUT2D eigenvalue weighted by Gasteiger charge is -2.22. The molecule has 0 saturated heterocycles. The Morgan fingerprint density at radius 1 is 1.16 bits per heavy atom. The van der Waals surface area contributed by atoms with Crippen LogP contribution in [0.4, 0.5) is 0 Å². The van der Waals surface area contributed by atoms with E-state index < -0.39 is 0 Å². The number of nitrogens with zero attached hydrogens (tertiary/aromatic N) is 4. The van der Waals surface area contributed by atoms with Crippen molar-refractivity contribution in [2.75, 3.05) is 13.1 Å². The number of nitriles is 1. The normalized spacial score (nSPS) is 12.9. The highest BCUT2D eigenvalue weighted by Gasteiger charge is 2.18. The van der Waals surface area contributed by atoms with Crippen LogP contribution in [0.5, 0.6) is 0 Å². The van der Waals surface area contributed by atoms with Crippen molar-refractivity contribution in [1.29, 1.82) is 5.26 Å². The molecule has 164 valence electrons. The topological polar surface area (TPSA) is 44.9 Å². The molecule has 0 fully saturated rings. The van der Waals surface area contributed by atoms with Crippen LogP contribution < -0.4 is 0 Å². The summed E-state index contributed by atoms with van der Waals surface area (Å²) in [5.41, 5.74) is 11.0. The minimum Gasteiger partial charge on any atom is -0.299 e. The highest BCUT2D eigenvalue weighted by atomic mass is 15.3. The van der Waals surface area contributed by atoms with E-state index in [-0.39, 0.29) is 0 Å². The molecule has 0 atom stereocenters. The van der Waals surface area contributed by atoms with Gasteiger partial charge in [0.2, 0.25) is 0 Å². The molecule has 0 amide bonds. The van der Waals surface area contributed by atoms with E-state index in [0.29, 0.717) is 5.56 Å². The molecule has 3 aromatic rings. The third kappa shape index (κ3) is 4.54. The second-order valence-corrected chi connectivity index (χ2v) is 8.91. The molecule has 1 aromatic heterocycles. The Hall–Kier alpha value is -3.16. The van der Waals surface area contributed by atoms with Crippen LogP contribution in [-0.2, 0) is 19.4 Å². The molecule has 4 nitrogen and oxygen atoms in total. The Bertz CT molecular complexity index is 1180. The summed E-state index contributed by atoms with van der Waals surface area (Å²) in [5, 5.41) is 13.7. The maximum Gasteiger partial charge on any atom is 0.0994 e. The summed E-state index contributed by atoms with van der Waals surface area (Å²) in [6, 6.07) is 12.6. The summed E-state index contributed by atoms with van der Waals surface area (Å²) in [6.07, 6.45) is 8.50. The van der Waals surface area contributed by atoms with E-state index in [1.165, 1.54) is 33.4 Å². The zero-order valence-electron chi connectivity index (χ0n) is 19.5. The minimum absolute atomic E-state index is 0.710. The molecule has 1 aliphatic rings. The Morgan fingerprint density at radius 3 is 2.75 bits per heavy atom. The standard InChI is InChI=1S/C28H32N4/c1-5-13-31(14-12-24-8-11-27-20(2)6-10-28(27)22(24)4)18-23-17-30-32(19-23)26-9-7-25(16-29)21(3)15-26/h7-9,11,15,17,19H,2,5-6,10,12-14,18H2,1,3-4H3. The molecule has 32 heavy (non-hydrogen) atoms. The Labute approximate surface area is 191 Å². The van der Waals surface area contributed by atoms with Crippen LogP contribution in [0.25, 0.3) is 11.3 Å². The number of hydrogen-bond donors (Lipinski definition) is 0. The third-order valence-corrected chi connectivity index (χ3v) is 6.64. The largest absolute Gasteiger partial charge is 0.299 e. The second kappa shape index (κ2) is 9.54. The number of aromatic nitrogens is 2. The van der Waals surface area contributed by atoms with E-state index >= 15 is 0 Å². The van der Waals surface area contributed by atoms with Gasteiger partial charge in [0.1, 0.15) is 0 Å². The lowest BCUT2D eigenvalue weighted by molar-refractivity contribution is 0.269. The first-order chi connectivity index (χ1) is 15.5. The first-order valence-electron chi connectivity index (χ1n) is 11.6. The lowest BCUT2D eigenvalue weighted by Crippen LogP contribution is -2.26. The maximum absolute atomic E-state index is 9.16. The predicted octanol–water partition coefficient (Wildman–Crippen LogP) is 5.77. The van der Waals surface area contributed by atoms with Crippen molar-refractivity contribution >= 4 is 5.57 Å². The highest BCUT2D eigenvalue weighted by molar-refractivity contribution is 5.72. The van der Waals surface area contributed by atoms with Crippen LogP contribution in [0.1, 0.15) is 58.7 Å². The second-order valence-electron chi connectivity index (χ2n) is 8.91. The average Bonchev–Trinajstić information content (AvgIpc) is 3.40. The van der Waals surface area contributed by atoms with Crippen LogP contribution in [0.15, 0.2) is 49.3 Å².